The van der Waals surface area contributed by atoms with Gasteiger partial charge >= 0.3 is 12.2 Å². The molecule has 8 rings (SSSR count). The molecule has 2 saturated heterocycles. The maximum absolute atomic E-state index is 12.9. The summed E-state index contributed by atoms with van der Waals surface area (Å²) in [6, 6.07) is 33.7. The van der Waals surface area contributed by atoms with Crippen molar-refractivity contribution in [2.24, 2.45) is 0 Å². The second-order valence-corrected chi connectivity index (χ2v) is 19.5. The zero-order valence-corrected chi connectivity index (χ0v) is 38.9. The van der Waals surface area contributed by atoms with E-state index in [0.717, 1.165) is 81.1 Å². The van der Waals surface area contributed by atoms with Gasteiger partial charge < -0.3 is 29.5 Å². The molecular weight excluding hydrogens is 847 g/mol. The molecule has 2 aliphatic rings. The van der Waals surface area contributed by atoms with Crippen LogP contribution in [0.3, 0.4) is 0 Å². The van der Waals surface area contributed by atoms with Gasteiger partial charge in [0.15, 0.2) is 0 Å². The summed E-state index contributed by atoms with van der Waals surface area (Å²) < 4.78 is 11.3. The van der Waals surface area contributed by atoms with Crippen molar-refractivity contribution in [1.29, 1.82) is 0 Å². The van der Waals surface area contributed by atoms with E-state index in [9.17, 15) is 19.8 Å². The zero-order valence-electron chi connectivity index (χ0n) is 37.4. The first-order chi connectivity index (χ1) is 30.5. The predicted molar refractivity (Wildman–Crippen MR) is 255 cm³/mol. The van der Waals surface area contributed by atoms with Crippen molar-refractivity contribution in [1.82, 2.24) is 19.8 Å². The molecule has 0 bridgehead atoms. The normalized spacial score (nSPS) is 17.9. The SMILES string of the molecule is CC(C)(C)OC(=O)N1CCCC[C@@H]1[C@@H](O)c1cc(-c2ccc(Cl)cc2)nc2ccccc12.CC(C)(C)OC(=O)N1CCCC[C@@H]1[C@H](O)c1cc(-c2ccc(Cl)cc2)nc2ccccc12. The van der Waals surface area contributed by atoms with Crippen molar-refractivity contribution in [3.8, 4) is 22.5 Å². The van der Waals surface area contributed by atoms with Gasteiger partial charge in [-0.05, 0) is 140 Å². The standard InChI is InChI=1S/2C26H29ClN2O3/c2*1-26(2,3)32-25(31)29-15-7-6-10-23(29)24(30)20-16-22(17-11-13-18(27)14-12-17)28-21-9-5-4-8-19(20)21/h2*4-5,8-9,11-14,16,23-24,30H,6-7,10,15H2,1-3H3/t23-,24+;23-,24-/m11/s1. The molecule has 12 heteroatoms. The number of aliphatic hydroxyl groups is 2. The van der Waals surface area contributed by atoms with Crippen LogP contribution in [-0.4, -0.2) is 78.5 Å². The van der Waals surface area contributed by atoms with E-state index in [1.807, 2.05) is 151 Å². The number of likely N-dealkylation sites (tertiary alicyclic amines) is 2. The summed E-state index contributed by atoms with van der Waals surface area (Å²) in [5, 5.41) is 26.2. The molecule has 0 aliphatic carbocycles. The molecule has 2 amide bonds. The number of hydrogen-bond donors (Lipinski definition) is 2. The number of nitrogens with zero attached hydrogens (tertiary/aromatic N) is 4. The number of rotatable bonds is 6. The minimum Gasteiger partial charge on any atom is -0.444 e. The lowest BCUT2D eigenvalue weighted by Gasteiger charge is -2.39. The molecule has 2 N–H and O–H groups in total. The summed E-state index contributed by atoms with van der Waals surface area (Å²) in [7, 11) is 0. The fourth-order valence-corrected chi connectivity index (χ4v) is 8.76. The Labute approximate surface area is 386 Å². The first-order valence-electron chi connectivity index (χ1n) is 22.1. The highest BCUT2D eigenvalue weighted by atomic mass is 35.5. The summed E-state index contributed by atoms with van der Waals surface area (Å²) in [5.74, 6) is 0. The van der Waals surface area contributed by atoms with Gasteiger partial charge in [-0.25, -0.2) is 19.6 Å². The van der Waals surface area contributed by atoms with Crippen LogP contribution in [0.15, 0.2) is 109 Å². The minimum absolute atomic E-state index is 0.359. The molecule has 4 heterocycles. The van der Waals surface area contributed by atoms with E-state index >= 15 is 0 Å². The number of halogens is 2. The number of piperidine rings is 2. The molecule has 4 atom stereocenters. The van der Waals surface area contributed by atoms with E-state index in [-0.39, 0.29) is 24.3 Å². The number of aromatic nitrogens is 2. The van der Waals surface area contributed by atoms with Crippen molar-refractivity contribution in [3.05, 3.63) is 130 Å². The predicted octanol–water partition coefficient (Wildman–Crippen LogP) is 12.8. The van der Waals surface area contributed by atoms with Crippen molar-refractivity contribution < 1.29 is 29.3 Å². The molecule has 2 aromatic heterocycles. The second kappa shape index (κ2) is 19.9. The quantitative estimate of drug-likeness (QED) is 0.169. The third kappa shape index (κ3) is 11.3. The third-order valence-electron chi connectivity index (χ3n) is 11.5. The Morgan fingerprint density at radius 2 is 0.938 bits per heavy atom. The number of carbonyl (C=O) groups excluding carboxylic acids is 2. The van der Waals surface area contributed by atoms with Crippen LogP contribution in [0, 0.1) is 0 Å². The molecule has 6 aromatic rings. The average Bonchev–Trinajstić information content (AvgIpc) is 3.27. The topological polar surface area (TPSA) is 125 Å². The van der Waals surface area contributed by atoms with Gasteiger partial charge in [0.25, 0.3) is 0 Å². The number of fused-ring (bicyclic) bond motifs is 2. The van der Waals surface area contributed by atoms with Crippen molar-refractivity contribution in [2.75, 3.05) is 13.1 Å². The van der Waals surface area contributed by atoms with Gasteiger partial charge in [-0.3, -0.25) is 0 Å². The number of pyridine rings is 2. The van der Waals surface area contributed by atoms with E-state index in [1.165, 1.54) is 0 Å². The first-order valence-corrected chi connectivity index (χ1v) is 22.9. The summed E-state index contributed by atoms with van der Waals surface area (Å²) in [5.41, 5.74) is 5.31. The van der Waals surface area contributed by atoms with Crippen molar-refractivity contribution >= 4 is 57.2 Å². The summed E-state index contributed by atoms with van der Waals surface area (Å²) in [4.78, 5) is 38.8. The highest BCUT2D eigenvalue weighted by molar-refractivity contribution is 6.31. The van der Waals surface area contributed by atoms with Gasteiger partial charge in [-0.15, -0.1) is 0 Å². The molecule has 2 aliphatic heterocycles. The smallest absolute Gasteiger partial charge is 0.410 e. The van der Waals surface area contributed by atoms with E-state index in [1.54, 1.807) is 9.80 Å². The van der Waals surface area contributed by atoms with E-state index in [2.05, 4.69) is 0 Å². The van der Waals surface area contributed by atoms with E-state index < -0.39 is 23.4 Å². The van der Waals surface area contributed by atoms with Crippen LogP contribution in [0.4, 0.5) is 9.59 Å². The zero-order chi connectivity index (χ0) is 45.8. The first kappa shape index (κ1) is 46.7. The van der Waals surface area contributed by atoms with Crippen LogP contribution < -0.4 is 0 Å². The largest absolute Gasteiger partial charge is 0.444 e. The molecule has 0 unspecified atom stereocenters. The molecule has 2 fully saturated rings. The Balaban J connectivity index is 0.000000191. The van der Waals surface area contributed by atoms with Gasteiger partial charge in [0.1, 0.15) is 23.4 Å². The lowest BCUT2D eigenvalue weighted by molar-refractivity contribution is -0.0170. The molecule has 0 radical (unpaired) electrons. The monoisotopic (exact) mass is 904 g/mol. The molecule has 10 nitrogen and oxygen atoms in total. The Bertz CT molecular complexity index is 2400. The van der Waals surface area contributed by atoms with Gasteiger partial charge in [0.05, 0.1) is 34.5 Å². The number of carbonyl (C=O) groups is 2. The lowest BCUT2D eigenvalue weighted by atomic mass is 9.90. The van der Waals surface area contributed by atoms with Gasteiger partial charge in [-0.1, -0.05) is 83.9 Å². The number of aliphatic hydroxyl groups excluding tert-OH is 2. The maximum Gasteiger partial charge on any atom is 0.410 e. The molecule has 0 spiro atoms. The van der Waals surface area contributed by atoms with Gasteiger partial charge in [-0.2, -0.15) is 0 Å². The Kier molecular flexibility index (Phi) is 14.5. The fraction of sp³-hybridized carbons (Fsp3) is 0.385. The Morgan fingerprint density at radius 3 is 1.30 bits per heavy atom. The molecular formula is C52H58Cl2N4O6. The van der Waals surface area contributed by atoms with E-state index in [4.69, 9.17) is 42.6 Å². The summed E-state index contributed by atoms with van der Waals surface area (Å²) in [6.07, 6.45) is 2.66. The molecule has 64 heavy (non-hydrogen) atoms. The van der Waals surface area contributed by atoms with Gasteiger partial charge in [0.2, 0.25) is 0 Å². The van der Waals surface area contributed by atoms with E-state index in [0.29, 0.717) is 36.0 Å². The molecule has 0 saturated carbocycles. The number of ether oxygens (including phenoxy) is 2. The minimum atomic E-state index is -0.859. The third-order valence-corrected chi connectivity index (χ3v) is 12.0. The van der Waals surface area contributed by atoms with Gasteiger partial charge in [0, 0.05) is 45.0 Å². The summed E-state index contributed by atoms with van der Waals surface area (Å²) in [6.45, 7) is 12.3. The molecule has 336 valence electrons. The highest BCUT2D eigenvalue weighted by Gasteiger charge is 2.38. The number of amides is 2. The number of hydrogen-bond acceptors (Lipinski definition) is 8. The van der Waals surface area contributed by atoms with Crippen LogP contribution in [0.2, 0.25) is 10.0 Å². The summed E-state index contributed by atoms with van der Waals surface area (Å²) >= 11 is 12.1. The Hall–Kier alpha value is -5.26. The van der Waals surface area contributed by atoms with Crippen molar-refractivity contribution in [2.45, 2.75) is 116 Å². The highest BCUT2D eigenvalue weighted by Crippen LogP contribution is 2.38. The van der Waals surface area contributed by atoms with Crippen LogP contribution in [-0.2, 0) is 9.47 Å². The maximum atomic E-state index is 12.9. The van der Waals surface area contributed by atoms with Crippen LogP contribution in [0.5, 0.6) is 0 Å². The fourth-order valence-electron chi connectivity index (χ4n) is 8.51. The number of benzene rings is 4. The van der Waals surface area contributed by atoms with Crippen LogP contribution in [0.1, 0.15) is 103 Å². The second-order valence-electron chi connectivity index (χ2n) is 18.6. The lowest BCUT2D eigenvalue weighted by Crippen LogP contribution is -2.48. The average molecular weight is 906 g/mol. The van der Waals surface area contributed by atoms with Crippen molar-refractivity contribution in [3.63, 3.8) is 0 Å². The van der Waals surface area contributed by atoms with Crippen LogP contribution >= 0.6 is 23.2 Å². The number of para-hydroxylation sites is 2. The molecule has 4 aromatic carbocycles. The Morgan fingerprint density at radius 1 is 0.578 bits per heavy atom. The van der Waals surface area contributed by atoms with Crippen LogP contribution in [0.25, 0.3) is 44.3 Å².